The van der Waals surface area contributed by atoms with Gasteiger partial charge in [-0.05, 0) is 40.0 Å². The van der Waals surface area contributed by atoms with Gasteiger partial charge in [0.2, 0.25) is 0 Å². The Bertz CT molecular complexity index is 216. The van der Waals surface area contributed by atoms with Crippen molar-refractivity contribution in [2.75, 3.05) is 6.61 Å². The fourth-order valence-corrected chi connectivity index (χ4v) is 2.27. The Balaban J connectivity index is 2.52. The van der Waals surface area contributed by atoms with Gasteiger partial charge in [-0.15, -0.1) is 4.72 Å². The number of nitrogens with one attached hydrogen (secondary N) is 1. The van der Waals surface area contributed by atoms with E-state index >= 15 is 0 Å². The molecule has 2 unspecified atom stereocenters. The van der Waals surface area contributed by atoms with Crippen LogP contribution in [0.2, 0.25) is 0 Å². The number of hydrogen-bond donors (Lipinski definition) is 2. The van der Waals surface area contributed by atoms with E-state index in [0.717, 1.165) is 0 Å². The first-order valence-electron chi connectivity index (χ1n) is 5.27. The predicted octanol–water partition coefficient (Wildman–Crippen LogP) is 1.29. The summed E-state index contributed by atoms with van der Waals surface area (Å²) < 4.78 is 28.0. The van der Waals surface area contributed by atoms with E-state index in [0.29, 0.717) is 19.3 Å². The molecular weight excluding hydrogens is 217 g/mol. The monoisotopic (exact) mass is 237 g/mol. The van der Waals surface area contributed by atoms with Gasteiger partial charge in [0.15, 0.2) is 0 Å². The molecule has 2 atom stereocenters. The molecule has 0 bridgehead atoms. The van der Waals surface area contributed by atoms with Crippen molar-refractivity contribution >= 4 is 11.4 Å². The maximum atomic E-state index is 13.8. The molecule has 90 valence electrons. The molecule has 0 saturated heterocycles. The molecule has 1 aliphatic rings. The molecule has 5 heteroatoms. The highest BCUT2D eigenvalue weighted by Gasteiger charge is 2.52. The molecule has 0 aromatic rings. The molecule has 0 radical (unpaired) electrons. The highest BCUT2D eigenvalue weighted by molar-refractivity contribution is 7.90. The topological polar surface area (TPSA) is 55.3 Å². The normalized spacial score (nSPS) is 23.6. The largest absolute Gasteiger partial charge is 0.598 e. The zero-order valence-corrected chi connectivity index (χ0v) is 10.4. The molecule has 0 spiro atoms. The van der Waals surface area contributed by atoms with Crippen molar-refractivity contribution in [3.05, 3.63) is 0 Å². The van der Waals surface area contributed by atoms with Crippen LogP contribution in [0.1, 0.15) is 40.0 Å². The summed E-state index contributed by atoms with van der Waals surface area (Å²) in [6, 6.07) is -0.484. The van der Waals surface area contributed by atoms with E-state index in [1.165, 1.54) is 0 Å². The zero-order chi connectivity index (χ0) is 11.7. The van der Waals surface area contributed by atoms with E-state index in [1.807, 2.05) is 20.8 Å². The Morgan fingerprint density at radius 2 is 2.07 bits per heavy atom. The summed E-state index contributed by atoms with van der Waals surface area (Å²) in [5.41, 5.74) is -1.25. The third-order valence-corrected chi connectivity index (χ3v) is 4.19. The highest BCUT2D eigenvalue weighted by atomic mass is 32.2. The summed E-state index contributed by atoms with van der Waals surface area (Å²) in [5, 5.41) is 8.84. The third kappa shape index (κ3) is 3.59. The lowest BCUT2D eigenvalue weighted by atomic mass is 10.1. The molecule has 1 fully saturated rings. The first kappa shape index (κ1) is 13.2. The lowest BCUT2D eigenvalue weighted by Crippen LogP contribution is -2.49. The lowest BCUT2D eigenvalue weighted by molar-refractivity contribution is 0.194. The lowest BCUT2D eigenvalue weighted by Gasteiger charge is -2.29. The number of aliphatic hydroxyl groups is 1. The van der Waals surface area contributed by atoms with Gasteiger partial charge in [-0.1, -0.05) is 0 Å². The fraction of sp³-hybridized carbons (Fsp3) is 1.00. The van der Waals surface area contributed by atoms with Crippen LogP contribution >= 0.6 is 0 Å². The summed E-state index contributed by atoms with van der Waals surface area (Å²) in [4.78, 5) is 0. The Morgan fingerprint density at radius 3 is 2.40 bits per heavy atom. The first-order valence-corrected chi connectivity index (χ1v) is 6.42. The number of hydrogen-bond acceptors (Lipinski definition) is 3. The van der Waals surface area contributed by atoms with Gasteiger partial charge in [-0.25, -0.2) is 4.39 Å². The molecule has 0 heterocycles. The van der Waals surface area contributed by atoms with E-state index in [4.69, 9.17) is 5.11 Å². The summed E-state index contributed by atoms with van der Waals surface area (Å²) >= 11 is -1.28. The molecule has 1 aliphatic carbocycles. The van der Waals surface area contributed by atoms with Crippen molar-refractivity contribution in [1.29, 1.82) is 0 Å². The van der Waals surface area contributed by atoms with Gasteiger partial charge >= 0.3 is 0 Å². The van der Waals surface area contributed by atoms with Gasteiger partial charge in [0.1, 0.15) is 10.4 Å². The predicted molar refractivity (Wildman–Crippen MR) is 59.6 cm³/mol. The van der Waals surface area contributed by atoms with Crippen molar-refractivity contribution in [3.63, 3.8) is 0 Å². The second-order valence-electron chi connectivity index (χ2n) is 5.10. The summed E-state index contributed by atoms with van der Waals surface area (Å²) in [5.74, 6) is 0. The number of halogens is 1. The molecule has 1 rings (SSSR count). The van der Waals surface area contributed by atoms with Gasteiger partial charge in [0, 0.05) is 18.0 Å². The van der Waals surface area contributed by atoms with Gasteiger partial charge in [-0.3, -0.25) is 0 Å². The van der Waals surface area contributed by atoms with Crippen LogP contribution in [-0.4, -0.2) is 32.7 Å². The molecule has 2 N–H and O–H groups in total. The van der Waals surface area contributed by atoms with E-state index in [2.05, 4.69) is 4.72 Å². The third-order valence-electron chi connectivity index (χ3n) is 2.58. The van der Waals surface area contributed by atoms with E-state index in [9.17, 15) is 8.94 Å². The molecule has 0 aromatic carbocycles. The minimum atomic E-state index is -1.28. The Kier molecular flexibility index (Phi) is 4.03. The smallest absolute Gasteiger partial charge is 0.136 e. The molecule has 0 aliphatic heterocycles. The average molecular weight is 237 g/mol. The van der Waals surface area contributed by atoms with Crippen LogP contribution < -0.4 is 4.72 Å². The van der Waals surface area contributed by atoms with Crippen molar-refractivity contribution < 1.29 is 14.0 Å². The van der Waals surface area contributed by atoms with E-state index < -0.39 is 27.8 Å². The second-order valence-corrected chi connectivity index (χ2v) is 7.10. The number of alkyl halides is 1. The number of aliphatic hydroxyl groups excluding tert-OH is 1. The Hall–Kier alpha value is 0.160. The molecular formula is C10H20FNO2S. The Labute approximate surface area is 93.8 Å². The van der Waals surface area contributed by atoms with Crippen LogP contribution in [0.3, 0.4) is 0 Å². The van der Waals surface area contributed by atoms with Gasteiger partial charge < -0.3 is 9.66 Å². The molecule has 3 nitrogen and oxygen atoms in total. The fourth-order valence-electron chi connectivity index (χ4n) is 1.33. The quantitative estimate of drug-likeness (QED) is 0.708. The second kappa shape index (κ2) is 4.57. The first-order chi connectivity index (χ1) is 6.79. The van der Waals surface area contributed by atoms with Crippen molar-refractivity contribution in [3.8, 4) is 0 Å². The average Bonchev–Trinajstić information content (AvgIpc) is 2.82. The van der Waals surface area contributed by atoms with Crippen molar-refractivity contribution in [2.45, 2.75) is 56.5 Å². The Morgan fingerprint density at radius 1 is 1.53 bits per heavy atom. The minimum absolute atomic E-state index is 0.0787. The maximum absolute atomic E-state index is 13.8. The zero-order valence-electron chi connectivity index (χ0n) is 9.55. The van der Waals surface area contributed by atoms with Gasteiger partial charge in [0.05, 0.1) is 6.04 Å². The van der Waals surface area contributed by atoms with Crippen LogP contribution in [0.15, 0.2) is 0 Å². The van der Waals surface area contributed by atoms with E-state index in [-0.39, 0.29) is 6.61 Å². The minimum Gasteiger partial charge on any atom is -0.598 e. The van der Waals surface area contributed by atoms with Crippen LogP contribution in [0, 0.1) is 0 Å². The molecule has 15 heavy (non-hydrogen) atoms. The van der Waals surface area contributed by atoms with Crippen molar-refractivity contribution in [1.82, 2.24) is 4.72 Å². The highest BCUT2D eigenvalue weighted by Crippen LogP contribution is 2.44. The number of rotatable bonds is 5. The molecule has 0 amide bonds. The maximum Gasteiger partial charge on any atom is 0.136 e. The summed E-state index contributed by atoms with van der Waals surface area (Å²) in [7, 11) is 0. The van der Waals surface area contributed by atoms with Crippen LogP contribution in [0.25, 0.3) is 0 Å². The van der Waals surface area contributed by atoms with Crippen LogP contribution in [0.4, 0.5) is 4.39 Å². The van der Waals surface area contributed by atoms with Crippen LogP contribution in [-0.2, 0) is 11.4 Å². The molecule has 0 aromatic heterocycles. The summed E-state index contributed by atoms with van der Waals surface area (Å²) in [6.45, 7) is 5.43. The van der Waals surface area contributed by atoms with Crippen molar-refractivity contribution in [2.24, 2.45) is 0 Å². The molecule has 1 saturated carbocycles. The van der Waals surface area contributed by atoms with Gasteiger partial charge in [-0.2, -0.15) is 0 Å². The summed E-state index contributed by atoms with van der Waals surface area (Å²) in [6.07, 6.45) is 1.33. The van der Waals surface area contributed by atoms with E-state index in [1.54, 1.807) is 0 Å². The van der Waals surface area contributed by atoms with Crippen LogP contribution in [0.5, 0.6) is 0 Å². The standard InChI is InChI=1S/C10H20FNO2S/c1-9(2,3)15(14)12-8(4-7-13)10(11)5-6-10/h8,12-13H,4-7H2,1-3H3. The van der Waals surface area contributed by atoms with Gasteiger partial charge in [0.25, 0.3) is 0 Å². The SMILES string of the molecule is CC(C)(C)[S+]([O-])NC(CCO)C1(F)CC1.